The van der Waals surface area contributed by atoms with Crippen LogP contribution in [0.5, 0.6) is 0 Å². The zero-order valence-corrected chi connectivity index (χ0v) is 6.95. The Morgan fingerprint density at radius 2 is 2.25 bits per heavy atom. The molecule has 0 unspecified atom stereocenters. The molecule has 1 rings (SSSR count). The summed E-state index contributed by atoms with van der Waals surface area (Å²) in [6.07, 6.45) is 2.12. The van der Waals surface area contributed by atoms with E-state index in [4.69, 9.17) is 16.0 Å². The predicted molar refractivity (Wildman–Crippen MR) is 45.0 cm³/mol. The lowest BCUT2D eigenvalue weighted by Gasteiger charge is -2.11. The van der Waals surface area contributed by atoms with E-state index in [1.165, 1.54) is 0 Å². The number of nitrogens with two attached hydrogens (primary N) is 1. The average Bonchev–Trinajstić information content (AvgIpc) is 2.85. The van der Waals surface area contributed by atoms with Gasteiger partial charge >= 0.3 is 0 Å². The van der Waals surface area contributed by atoms with Gasteiger partial charge in [0.1, 0.15) is 0 Å². The molecule has 5 heteroatoms. The van der Waals surface area contributed by atoms with E-state index < -0.39 is 0 Å². The lowest BCUT2D eigenvalue weighted by Crippen LogP contribution is -2.34. The van der Waals surface area contributed by atoms with Gasteiger partial charge in [0.25, 0.3) is 0 Å². The standard InChI is InChI=1S/C7H15N3O2/c8-6(10-12)3-9-4-7(5-11)1-2-7/h9,11-12H,1-5H2,(H2,8,10). The summed E-state index contributed by atoms with van der Waals surface area (Å²) in [5, 5.41) is 23.0. The second-order valence-electron chi connectivity index (χ2n) is 3.35. The highest BCUT2D eigenvalue weighted by atomic mass is 16.4. The van der Waals surface area contributed by atoms with E-state index in [0.29, 0.717) is 6.54 Å². The van der Waals surface area contributed by atoms with Crippen molar-refractivity contribution in [3.05, 3.63) is 0 Å². The lowest BCUT2D eigenvalue weighted by molar-refractivity contribution is 0.209. The Morgan fingerprint density at radius 3 is 2.67 bits per heavy atom. The highest BCUT2D eigenvalue weighted by molar-refractivity contribution is 5.81. The molecule has 0 spiro atoms. The Balaban J connectivity index is 2.10. The molecule has 1 fully saturated rings. The summed E-state index contributed by atoms with van der Waals surface area (Å²) in [6, 6.07) is 0. The fraction of sp³-hybridized carbons (Fsp3) is 0.857. The van der Waals surface area contributed by atoms with Gasteiger partial charge in [-0.1, -0.05) is 5.16 Å². The molecule has 5 N–H and O–H groups in total. The van der Waals surface area contributed by atoms with Crippen LogP contribution >= 0.6 is 0 Å². The van der Waals surface area contributed by atoms with Crippen LogP contribution in [0.2, 0.25) is 0 Å². The van der Waals surface area contributed by atoms with Crippen LogP contribution in [0.3, 0.4) is 0 Å². The molecule has 0 aromatic rings. The molecule has 12 heavy (non-hydrogen) atoms. The molecule has 0 aromatic carbocycles. The van der Waals surface area contributed by atoms with Gasteiger partial charge in [-0.05, 0) is 12.8 Å². The summed E-state index contributed by atoms with van der Waals surface area (Å²) >= 11 is 0. The summed E-state index contributed by atoms with van der Waals surface area (Å²) in [7, 11) is 0. The summed E-state index contributed by atoms with van der Waals surface area (Å²) in [5.74, 6) is 0.170. The first-order chi connectivity index (χ1) is 5.72. The van der Waals surface area contributed by atoms with Crippen LogP contribution in [-0.2, 0) is 0 Å². The van der Waals surface area contributed by atoms with Crippen molar-refractivity contribution in [1.29, 1.82) is 0 Å². The first kappa shape index (κ1) is 9.28. The molecule has 0 radical (unpaired) electrons. The minimum Gasteiger partial charge on any atom is -0.409 e. The largest absolute Gasteiger partial charge is 0.409 e. The van der Waals surface area contributed by atoms with Crippen molar-refractivity contribution >= 4 is 5.84 Å². The van der Waals surface area contributed by atoms with E-state index in [1.54, 1.807) is 0 Å². The molecule has 0 bridgehead atoms. The molecule has 70 valence electrons. The topological polar surface area (TPSA) is 90.9 Å². The summed E-state index contributed by atoms with van der Waals surface area (Å²) in [6.45, 7) is 1.33. The van der Waals surface area contributed by atoms with Crippen molar-refractivity contribution < 1.29 is 10.3 Å². The van der Waals surface area contributed by atoms with Crippen molar-refractivity contribution in [1.82, 2.24) is 5.32 Å². The van der Waals surface area contributed by atoms with E-state index >= 15 is 0 Å². The van der Waals surface area contributed by atoms with Crippen LogP contribution in [0, 0.1) is 5.41 Å². The van der Waals surface area contributed by atoms with Crippen molar-refractivity contribution in [2.75, 3.05) is 19.7 Å². The molecule has 0 amide bonds. The minimum absolute atomic E-state index is 0.0791. The van der Waals surface area contributed by atoms with E-state index in [9.17, 15) is 0 Å². The fourth-order valence-electron chi connectivity index (χ4n) is 1.06. The second-order valence-corrected chi connectivity index (χ2v) is 3.35. The quantitative estimate of drug-likeness (QED) is 0.187. The molecular weight excluding hydrogens is 158 g/mol. The van der Waals surface area contributed by atoms with Crippen LogP contribution in [-0.4, -0.2) is 35.8 Å². The normalized spacial score (nSPS) is 20.9. The number of nitrogens with zero attached hydrogens (tertiary/aromatic N) is 1. The molecule has 5 nitrogen and oxygen atoms in total. The third-order valence-electron chi connectivity index (χ3n) is 2.23. The fourth-order valence-corrected chi connectivity index (χ4v) is 1.06. The van der Waals surface area contributed by atoms with Crippen LogP contribution in [0.1, 0.15) is 12.8 Å². The molecular formula is C7H15N3O2. The first-order valence-electron chi connectivity index (χ1n) is 4.00. The molecule has 1 aliphatic rings. The van der Waals surface area contributed by atoms with E-state index in [0.717, 1.165) is 19.4 Å². The Kier molecular flexibility index (Phi) is 2.88. The van der Waals surface area contributed by atoms with Crippen LogP contribution in [0.4, 0.5) is 0 Å². The number of aliphatic hydroxyl groups excluding tert-OH is 1. The maximum atomic E-state index is 8.93. The number of oxime groups is 1. The summed E-state index contributed by atoms with van der Waals surface area (Å²) in [4.78, 5) is 0. The Hall–Kier alpha value is -0.810. The number of nitrogens with one attached hydrogen (secondary N) is 1. The number of amidine groups is 1. The average molecular weight is 173 g/mol. The van der Waals surface area contributed by atoms with Gasteiger partial charge in [-0.2, -0.15) is 0 Å². The van der Waals surface area contributed by atoms with Crippen molar-refractivity contribution in [2.45, 2.75) is 12.8 Å². The number of aliphatic hydroxyl groups is 1. The monoisotopic (exact) mass is 173 g/mol. The van der Waals surface area contributed by atoms with E-state index in [2.05, 4.69) is 10.5 Å². The zero-order chi connectivity index (χ0) is 9.03. The van der Waals surface area contributed by atoms with Gasteiger partial charge in [0.05, 0.1) is 6.54 Å². The summed E-state index contributed by atoms with van der Waals surface area (Å²) < 4.78 is 0. The highest BCUT2D eigenvalue weighted by Gasteiger charge is 2.41. The molecule has 0 aliphatic heterocycles. The van der Waals surface area contributed by atoms with Crippen LogP contribution in [0.25, 0.3) is 0 Å². The molecule has 1 saturated carbocycles. The van der Waals surface area contributed by atoms with Gasteiger partial charge in [0, 0.05) is 18.6 Å². The van der Waals surface area contributed by atoms with Gasteiger partial charge in [0.2, 0.25) is 0 Å². The maximum Gasteiger partial charge on any atom is 0.153 e. The van der Waals surface area contributed by atoms with Gasteiger partial charge in [0.15, 0.2) is 5.84 Å². The molecule has 0 heterocycles. The third kappa shape index (κ3) is 2.35. The van der Waals surface area contributed by atoms with Gasteiger partial charge in [-0.3, -0.25) is 0 Å². The first-order valence-corrected chi connectivity index (χ1v) is 4.00. The predicted octanol–water partition coefficient (Wildman–Crippen LogP) is -0.905. The number of rotatable bonds is 5. The van der Waals surface area contributed by atoms with Crippen molar-refractivity contribution in [3.63, 3.8) is 0 Å². The molecule has 0 atom stereocenters. The van der Waals surface area contributed by atoms with Crippen molar-refractivity contribution in [3.8, 4) is 0 Å². The zero-order valence-electron chi connectivity index (χ0n) is 6.95. The Morgan fingerprint density at radius 1 is 1.58 bits per heavy atom. The highest BCUT2D eigenvalue weighted by Crippen LogP contribution is 2.44. The molecule has 0 saturated heterocycles. The van der Waals surface area contributed by atoms with Gasteiger partial charge < -0.3 is 21.4 Å². The number of hydrogen-bond donors (Lipinski definition) is 4. The minimum atomic E-state index is 0.0791. The molecule has 1 aliphatic carbocycles. The SMILES string of the molecule is NC(CNCC1(CO)CC1)=NO. The van der Waals surface area contributed by atoms with Gasteiger partial charge in [-0.25, -0.2) is 0 Å². The van der Waals surface area contributed by atoms with Gasteiger partial charge in [-0.15, -0.1) is 0 Å². The van der Waals surface area contributed by atoms with E-state index in [1.807, 2.05) is 0 Å². The Labute approximate surface area is 71.3 Å². The Bertz CT molecular complexity index is 177. The van der Waals surface area contributed by atoms with Crippen LogP contribution < -0.4 is 11.1 Å². The third-order valence-corrected chi connectivity index (χ3v) is 2.23. The maximum absolute atomic E-state index is 8.93. The molecule has 0 aromatic heterocycles. The van der Waals surface area contributed by atoms with Crippen molar-refractivity contribution in [2.24, 2.45) is 16.3 Å². The smallest absolute Gasteiger partial charge is 0.153 e. The van der Waals surface area contributed by atoms with E-state index in [-0.39, 0.29) is 17.9 Å². The number of hydrogen-bond acceptors (Lipinski definition) is 4. The van der Waals surface area contributed by atoms with Crippen LogP contribution in [0.15, 0.2) is 5.16 Å². The lowest BCUT2D eigenvalue weighted by atomic mass is 10.1. The second kappa shape index (κ2) is 3.73. The summed E-state index contributed by atoms with van der Waals surface area (Å²) in [5.41, 5.74) is 5.32.